The third-order valence-corrected chi connectivity index (χ3v) is 7.51. The van der Waals surface area contributed by atoms with Gasteiger partial charge in [-0.2, -0.15) is 0 Å². The number of nitrogens with zero attached hydrogens (tertiary/aromatic N) is 1. The summed E-state index contributed by atoms with van der Waals surface area (Å²) in [6.45, 7) is 3.76. The first-order chi connectivity index (χ1) is 12.9. The van der Waals surface area contributed by atoms with E-state index in [1.807, 2.05) is 11.8 Å². The van der Waals surface area contributed by atoms with E-state index in [2.05, 4.69) is 53.4 Å². The smallest absolute Gasteiger partial charge is 0.0197 e. The second kappa shape index (κ2) is 7.25. The molecule has 2 aromatic carbocycles. The Kier molecular flexibility index (Phi) is 4.64. The van der Waals surface area contributed by atoms with Crippen LogP contribution in [0.4, 0.5) is 0 Å². The molecule has 0 amide bonds. The van der Waals surface area contributed by atoms with E-state index in [1.165, 1.54) is 79.1 Å². The summed E-state index contributed by atoms with van der Waals surface area (Å²) in [5.41, 5.74) is 6.16. The normalized spacial score (nSPS) is 20.9. The third-order valence-electron chi connectivity index (χ3n) is 6.36. The average molecular weight is 362 g/mol. The van der Waals surface area contributed by atoms with Crippen molar-refractivity contribution in [2.75, 3.05) is 19.6 Å². The summed E-state index contributed by atoms with van der Waals surface area (Å²) >= 11 is 1.95. The molecule has 2 aliphatic heterocycles. The molecular weight excluding hydrogens is 334 g/mol. The van der Waals surface area contributed by atoms with Gasteiger partial charge in [0.25, 0.3) is 0 Å². The minimum atomic E-state index is 0.947. The molecule has 1 aliphatic carbocycles. The summed E-state index contributed by atoms with van der Waals surface area (Å²) in [6.07, 6.45) is 8.18. The lowest BCUT2D eigenvalue weighted by molar-refractivity contribution is 0.244. The van der Waals surface area contributed by atoms with Crippen LogP contribution in [0.5, 0.6) is 0 Å². The van der Waals surface area contributed by atoms with Gasteiger partial charge in [0.1, 0.15) is 0 Å². The predicted octanol–water partition coefficient (Wildman–Crippen LogP) is 6.35. The molecule has 3 aliphatic rings. The molecule has 134 valence electrons. The Morgan fingerprint density at radius 2 is 1.31 bits per heavy atom. The highest BCUT2D eigenvalue weighted by Crippen LogP contribution is 2.46. The van der Waals surface area contributed by atoms with Crippen molar-refractivity contribution in [3.8, 4) is 0 Å². The van der Waals surface area contributed by atoms with Crippen LogP contribution in [0.15, 0.2) is 58.3 Å². The van der Waals surface area contributed by atoms with Gasteiger partial charge in [-0.3, -0.25) is 0 Å². The van der Waals surface area contributed by atoms with Gasteiger partial charge >= 0.3 is 0 Å². The van der Waals surface area contributed by atoms with Crippen LogP contribution in [-0.4, -0.2) is 24.5 Å². The first-order valence-electron chi connectivity index (χ1n) is 10.2. The number of hydrogen-bond donors (Lipinski definition) is 0. The zero-order chi connectivity index (χ0) is 17.3. The Morgan fingerprint density at radius 1 is 0.769 bits per heavy atom. The maximum absolute atomic E-state index is 2.75. The highest BCUT2D eigenvalue weighted by Gasteiger charge is 2.26. The second-order valence-electron chi connectivity index (χ2n) is 8.00. The molecular formula is C24H27NS. The lowest BCUT2D eigenvalue weighted by atomic mass is 9.91. The molecule has 26 heavy (non-hydrogen) atoms. The molecule has 2 heterocycles. The van der Waals surface area contributed by atoms with Gasteiger partial charge in [0.2, 0.25) is 0 Å². The van der Waals surface area contributed by atoms with Crippen molar-refractivity contribution in [2.24, 2.45) is 5.92 Å². The molecule has 1 saturated carbocycles. The Labute approximate surface area is 161 Å². The molecule has 0 aromatic heterocycles. The molecule has 0 bridgehead atoms. The fourth-order valence-corrected chi connectivity index (χ4v) is 6.15. The lowest BCUT2D eigenvalue weighted by Gasteiger charge is -2.24. The number of rotatable bonds is 2. The van der Waals surface area contributed by atoms with Crippen LogP contribution in [-0.2, 0) is 0 Å². The maximum Gasteiger partial charge on any atom is 0.0197 e. The highest BCUT2D eigenvalue weighted by molar-refractivity contribution is 7.99. The van der Waals surface area contributed by atoms with E-state index in [4.69, 9.17) is 0 Å². The lowest BCUT2D eigenvalue weighted by Crippen LogP contribution is -2.30. The zero-order valence-electron chi connectivity index (χ0n) is 15.4. The topological polar surface area (TPSA) is 3.24 Å². The van der Waals surface area contributed by atoms with E-state index in [0.29, 0.717) is 0 Å². The largest absolute Gasteiger partial charge is 0.302 e. The maximum atomic E-state index is 2.75. The van der Waals surface area contributed by atoms with E-state index < -0.39 is 0 Å². The Morgan fingerprint density at radius 3 is 1.88 bits per heavy atom. The van der Waals surface area contributed by atoms with Crippen LogP contribution in [0.25, 0.3) is 11.1 Å². The van der Waals surface area contributed by atoms with Gasteiger partial charge in [0.05, 0.1) is 0 Å². The van der Waals surface area contributed by atoms with Gasteiger partial charge in [-0.05, 0) is 66.0 Å². The average Bonchev–Trinajstić information content (AvgIpc) is 3.04. The van der Waals surface area contributed by atoms with Crippen LogP contribution in [0, 0.1) is 5.92 Å². The summed E-state index contributed by atoms with van der Waals surface area (Å²) < 4.78 is 0. The molecule has 2 heteroatoms. The van der Waals surface area contributed by atoms with Crippen molar-refractivity contribution in [3.63, 3.8) is 0 Å². The molecule has 2 aromatic rings. The van der Waals surface area contributed by atoms with Gasteiger partial charge in [0.15, 0.2) is 0 Å². The fraction of sp³-hybridized carbons (Fsp3) is 0.417. The molecule has 0 spiro atoms. The van der Waals surface area contributed by atoms with Crippen molar-refractivity contribution >= 4 is 22.9 Å². The van der Waals surface area contributed by atoms with E-state index in [9.17, 15) is 0 Å². The summed E-state index contributed by atoms with van der Waals surface area (Å²) in [5.74, 6) is 0.947. The number of hydrogen-bond acceptors (Lipinski definition) is 2. The van der Waals surface area contributed by atoms with Gasteiger partial charge in [-0.1, -0.05) is 61.0 Å². The summed E-state index contributed by atoms with van der Waals surface area (Å²) in [4.78, 5) is 5.60. The van der Waals surface area contributed by atoms with Gasteiger partial charge in [-0.15, -0.1) is 0 Å². The molecule has 1 fully saturated rings. The van der Waals surface area contributed by atoms with Crippen LogP contribution in [0.1, 0.15) is 49.7 Å². The fourth-order valence-electron chi connectivity index (χ4n) is 5.02. The Hall–Kier alpha value is -1.51. The predicted molar refractivity (Wildman–Crippen MR) is 111 cm³/mol. The SMILES string of the molecule is c1ccc2c(c1)Sc1ccccc1C1=C2CCN(CC2CCCC2)CC1. The molecule has 0 saturated heterocycles. The second-order valence-corrected chi connectivity index (χ2v) is 9.09. The minimum absolute atomic E-state index is 0.947. The van der Waals surface area contributed by atoms with E-state index in [0.717, 1.165) is 5.92 Å². The van der Waals surface area contributed by atoms with Crippen LogP contribution in [0.2, 0.25) is 0 Å². The molecule has 5 rings (SSSR count). The third kappa shape index (κ3) is 3.14. The van der Waals surface area contributed by atoms with Crippen molar-refractivity contribution in [2.45, 2.75) is 48.3 Å². The standard InChI is InChI=1S/C24H27NS/c1-2-8-18(7-1)17-25-15-13-19-20(14-16-25)22-10-4-6-12-24(22)26-23-11-5-3-9-21(19)23/h3-6,9-12,18H,1-2,7-8,13-17H2. The van der Waals surface area contributed by atoms with Crippen LogP contribution in [0.3, 0.4) is 0 Å². The minimum Gasteiger partial charge on any atom is -0.302 e. The van der Waals surface area contributed by atoms with Crippen LogP contribution < -0.4 is 0 Å². The number of benzene rings is 2. The van der Waals surface area contributed by atoms with E-state index >= 15 is 0 Å². The van der Waals surface area contributed by atoms with Gasteiger partial charge < -0.3 is 4.90 Å². The summed E-state index contributed by atoms with van der Waals surface area (Å²) in [6, 6.07) is 18.1. The Bertz CT molecular complexity index is 772. The van der Waals surface area contributed by atoms with Crippen molar-refractivity contribution in [3.05, 3.63) is 59.7 Å². The molecule has 0 N–H and O–H groups in total. The van der Waals surface area contributed by atoms with Crippen LogP contribution >= 0.6 is 11.8 Å². The van der Waals surface area contributed by atoms with Gasteiger partial charge in [-0.25, -0.2) is 0 Å². The van der Waals surface area contributed by atoms with Crippen molar-refractivity contribution < 1.29 is 0 Å². The monoisotopic (exact) mass is 361 g/mol. The highest BCUT2D eigenvalue weighted by atomic mass is 32.2. The molecule has 0 radical (unpaired) electrons. The quantitative estimate of drug-likeness (QED) is 0.613. The molecule has 1 nitrogen and oxygen atoms in total. The number of fused-ring (bicyclic) bond motifs is 4. The zero-order valence-corrected chi connectivity index (χ0v) is 16.2. The first kappa shape index (κ1) is 16.6. The summed E-state index contributed by atoms with van der Waals surface area (Å²) in [5, 5.41) is 0. The van der Waals surface area contributed by atoms with Gasteiger partial charge in [0, 0.05) is 29.4 Å². The molecule has 0 atom stereocenters. The van der Waals surface area contributed by atoms with Crippen molar-refractivity contribution in [1.29, 1.82) is 0 Å². The van der Waals surface area contributed by atoms with E-state index in [-0.39, 0.29) is 0 Å². The Balaban J connectivity index is 1.50. The molecule has 0 unspecified atom stereocenters. The van der Waals surface area contributed by atoms with Crippen molar-refractivity contribution in [1.82, 2.24) is 4.90 Å². The van der Waals surface area contributed by atoms with E-state index in [1.54, 1.807) is 11.1 Å². The summed E-state index contributed by atoms with van der Waals surface area (Å²) in [7, 11) is 0. The first-order valence-corrected chi connectivity index (χ1v) is 11.0.